The Morgan fingerprint density at radius 2 is 2.14 bits per heavy atom. The second-order valence-electron chi connectivity index (χ2n) is 4.65. The molecule has 2 rings (SSSR count). The highest BCUT2D eigenvalue weighted by Crippen LogP contribution is 2.19. The molecule has 1 heterocycles. The number of aromatic nitrogens is 1. The molecule has 4 heteroatoms. The number of allylic oxidation sites excluding steroid dienone is 1. The van der Waals surface area contributed by atoms with Crippen molar-refractivity contribution in [1.29, 1.82) is 5.26 Å². The number of rotatable bonds is 7. The van der Waals surface area contributed by atoms with Crippen LogP contribution in [0.2, 0.25) is 0 Å². The van der Waals surface area contributed by atoms with E-state index in [9.17, 15) is 5.26 Å². The summed E-state index contributed by atoms with van der Waals surface area (Å²) in [7, 11) is 1.67. The number of hydrogen-bond donors (Lipinski definition) is 0. The van der Waals surface area contributed by atoms with E-state index in [0.29, 0.717) is 24.5 Å². The van der Waals surface area contributed by atoms with Crippen LogP contribution in [-0.2, 0) is 4.74 Å². The first-order chi connectivity index (χ1) is 10.8. The minimum atomic E-state index is 0.525. The number of methoxy groups -OCH3 is 1. The maximum Gasteiger partial charge on any atom is 0.119 e. The van der Waals surface area contributed by atoms with Crippen molar-refractivity contribution in [2.45, 2.75) is 6.42 Å². The van der Waals surface area contributed by atoms with Crippen molar-refractivity contribution in [3.8, 4) is 11.8 Å². The second-order valence-corrected chi connectivity index (χ2v) is 4.65. The molecular formula is C18H18N2O2. The highest BCUT2D eigenvalue weighted by Gasteiger charge is 2.02. The summed E-state index contributed by atoms with van der Waals surface area (Å²) in [4.78, 5) is 4.20. The quantitative estimate of drug-likeness (QED) is 0.578. The lowest BCUT2D eigenvalue weighted by Gasteiger charge is -2.06. The van der Waals surface area contributed by atoms with Gasteiger partial charge < -0.3 is 9.47 Å². The van der Waals surface area contributed by atoms with E-state index < -0.39 is 0 Å². The smallest absolute Gasteiger partial charge is 0.119 e. The van der Waals surface area contributed by atoms with Crippen LogP contribution in [0.5, 0.6) is 5.75 Å². The van der Waals surface area contributed by atoms with E-state index in [2.05, 4.69) is 11.1 Å². The van der Waals surface area contributed by atoms with Gasteiger partial charge in [-0.2, -0.15) is 5.26 Å². The SMILES string of the molecule is COCCCOc1cccc(/C=C(/C#N)c2ccccn2)c1. The highest BCUT2D eigenvalue weighted by molar-refractivity contribution is 5.88. The van der Waals surface area contributed by atoms with E-state index in [-0.39, 0.29) is 0 Å². The molecule has 0 N–H and O–H groups in total. The van der Waals surface area contributed by atoms with Crippen molar-refractivity contribution >= 4 is 11.6 Å². The van der Waals surface area contributed by atoms with Crippen molar-refractivity contribution in [3.05, 3.63) is 59.9 Å². The van der Waals surface area contributed by atoms with Crippen LogP contribution in [0, 0.1) is 11.3 Å². The lowest BCUT2D eigenvalue weighted by molar-refractivity contribution is 0.172. The van der Waals surface area contributed by atoms with Crippen molar-refractivity contribution < 1.29 is 9.47 Å². The molecule has 0 bridgehead atoms. The number of pyridine rings is 1. The molecule has 0 unspecified atom stereocenters. The Morgan fingerprint density at radius 1 is 1.23 bits per heavy atom. The number of nitriles is 1. The van der Waals surface area contributed by atoms with Gasteiger partial charge in [0.1, 0.15) is 11.8 Å². The molecule has 0 saturated carbocycles. The van der Waals surface area contributed by atoms with Gasteiger partial charge in [-0.25, -0.2) is 0 Å². The van der Waals surface area contributed by atoms with Crippen LogP contribution in [0.1, 0.15) is 17.7 Å². The summed E-state index contributed by atoms with van der Waals surface area (Å²) in [5, 5.41) is 9.31. The molecule has 0 atom stereocenters. The predicted molar refractivity (Wildman–Crippen MR) is 86.2 cm³/mol. The minimum absolute atomic E-state index is 0.525. The predicted octanol–water partition coefficient (Wildman–Crippen LogP) is 3.56. The average molecular weight is 294 g/mol. The zero-order chi connectivity index (χ0) is 15.6. The average Bonchev–Trinajstić information content (AvgIpc) is 2.58. The number of hydrogen-bond acceptors (Lipinski definition) is 4. The van der Waals surface area contributed by atoms with Gasteiger partial charge in [0.05, 0.1) is 17.9 Å². The summed E-state index contributed by atoms with van der Waals surface area (Å²) in [5.41, 5.74) is 2.10. The second kappa shape index (κ2) is 8.60. The fourth-order valence-corrected chi connectivity index (χ4v) is 1.94. The van der Waals surface area contributed by atoms with Crippen molar-refractivity contribution in [1.82, 2.24) is 4.98 Å². The fraction of sp³-hybridized carbons (Fsp3) is 0.222. The molecular weight excluding hydrogens is 276 g/mol. The number of nitrogens with zero attached hydrogens (tertiary/aromatic N) is 2. The van der Waals surface area contributed by atoms with E-state index in [4.69, 9.17) is 9.47 Å². The molecule has 2 aromatic rings. The Morgan fingerprint density at radius 3 is 2.86 bits per heavy atom. The monoisotopic (exact) mass is 294 g/mol. The lowest BCUT2D eigenvalue weighted by atomic mass is 10.1. The van der Waals surface area contributed by atoms with Crippen LogP contribution in [-0.4, -0.2) is 25.3 Å². The molecule has 0 aliphatic rings. The summed E-state index contributed by atoms with van der Waals surface area (Å²) >= 11 is 0. The van der Waals surface area contributed by atoms with Crippen molar-refractivity contribution in [2.24, 2.45) is 0 Å². The van der Waals surface area contributed by atoms with Crippen LogP contribution in [0.4, 0.5) is 0 Å². The summed E-state index contributed by atoms with van der Waals surface area (Å²) in [6, 6.07) is 15.3. The maximum atomic E-state index is 9.31. The summed E-state index contributed by atoms with van der Waals surface area (Å²) in [6.07, 6.45) is 4.33. The van der Waals surface area contributed by atoms with Gasteiger partial charge in [0.15, 0.2) is 0 Å². The molecule has 0 amide bonds. The van der Waals surface area contributed by atoms with Crippen LogP contribution >= 0.6 is 0 Å². The van der Waals surface area contributed by atoms with Crippen LogP contribution < -0.4 is 4.74 Å². The molecule has 0 radical (unpaired) electrons. The molecule has 0 aliphatic carbocycles. The molecule has 22 heavy (non-hydrogen) atoms. The van der Waals surface area contributed by atoms with Crippen molar-refractivity contribution in [2.75, 3.05) is 20.3 Å². The van der Waals surface area contributed by atoms with E-state index in [1.807, 2.05) is 48.5 Å². The first-order valence-corrected chi connectivity index (χ1v) is 7.08. The summed E-state index contributed by atoms with van der Waals surface area (Å²) < 4.78 is 10.6. The third kappa shape index (κ3) is 4.72. The minimum Gasteiger partial charge on any atom is -0.493 e. The first kappa shape index (κ1) is 15.7. The van der Waals surface area contributed by atoms with Crippen LogP contribution in [0.3, 0.4) is 0 Å². The number of benzene rings is 1. The topological polar surface area (TPSA) is 55.1 Å². The van der Waals surface area contributed by atoms with E-state index >= 15 is 0 Å². The zero-order valence-corrected chi connectivity index (χ0v) is 12.5. The molecule has 0 saturated heterocycles. The molecule has 0 fully saturated rings. The number of ether oxygens (including phenoxy) is 2. The Hall–Kier alpha value is -2.64. The van der Waals surface area contributed by atoms with Gasteiger partial charge in [0, 0.05) is 26.3 Å². The van der Waals surface area contributed by atoms with Crippen molar-refractivity contribution in [3.63, 3.8) is 0 Å². The van der Waals surface area contributed by atoms with E-state index in [1.54, 1.807) is 13.3 Å². The Balaban J connectivity index is 2.11. The van der Waals surface area contributed by atoms with Gasteiger partial charge in [-0.3, -0.25) is 4.98 Å². The normalized spacial score (nSPS) is 11.0. The zero-order valence-electron chi connectivity index (χ0n) is 12.5. The van der Waals surface area contributed by atoms with Gasteiger partial charge in [-0.15, -0.1) is 0 Å². The maximum absolute atomic E-state index is 9.31. The molecule has 4 nitrogen and oxygen atoms in total. The van der Waals surface area contributed by atoms with E-state index in [1.165, 1.54) is 0 Å². The highest BCUT2D eigenvalue weighted by atomic mass is 16.5. The van der Waals surface area contributed by atoms with Crippen LogP contribution in [0.15, 0.2) is 48.7 Å². The Kier molecular flexibility index (Phi) is 6.16. The largest absolute Gasteiger partial charge is 0.493 e. The van der Waals surface area contributed by atoms with Crippen LogP contribution in [0.25, 0.3) is 11.6 Å². The summed E-state index contributed by atoms with van der Waals surface area (Å²) in [6.45, 7) is 1.28. The van der Waals surface area contributed by atoms with Gasteiger partial charge in [0.2, 0.25) is 0 Å². The summed E-state index contributed by atoms with van der Waals surface area (Å²) in [5.74, 6) is 0.781. The van der Waals surface area contributed by atoms with Gasteiger partial charge in [-0.1, -0.05) is 18.2 Å². The Labute approximate surface area is 130 Å². The molecule has 1 aromatic heterocycles. The lowest BCUT2D eigenvalue weighted by Crippen LogP contribution is -2.01. The Bertz CT molecular complexity index is 660. The third-order valence-corrected chi connectivity index (χ3v) is 2.99. The van der Waals surface area contributed by atoms with Gasteiger partial charge in [0.25, 0.3) is 0 Å². The van der Waals surface area contributed by atoms with Gasteiger partial charge in [-0.05, 0) is 35.9 Å². The molecule has 0 spiro atoms. The fourth-order valence-electron chi connectivity index (χ4n) is 1.94. The third-order valence-electron chi connectivity index (χ3n) is 2.99. The molecule has 112 valence electrons. The van der Waals surface area contributed by atoms with Gasteiger partial charge >= 0.3 is 0 Å². The standard InChI is InChI=1S/C18H18N2O2/c1-21-10-5-11-22-17-7-4-6-15(13-17)12-16(14-19)18-8-2-3-9-20-18/h2-4,6-9,12-13H,5,10-11H2,1H3/b16-12-. The molecule has 0 aliphatic heterocycles. The van der Waals surface area contributed by atoms with E-state index in [0.717, 1.165) is 17.7 Å². The first-order valence-electron chi connectivity index (χ1n) is 7.08. The molecule has 1 aromatic carbocycles.